The first-order valence-corrected chi connectivity index (χ1v) is 12.6. The number of carbonyl (C=O) groups is 1. The molecule has 0 radical (unpaired) electrons. The Morgan fingerprint density at radius 2 is 1.71 bits per heavy atom. The number of benzene rings is 3. The number of amides is 1. The van der Waals surface area contributed by atoms with Crippen molar-refractivity contribution in [1.29, 1.82) is 5.26 Å². The van der Waals surface area contributed by atoms with Crippen molar-refractivity contribution in [3.8, 4) is 6.07 Å². The summed E-state index contributed by atoms with van der Waals surface area (Å²) in [5.74, 6) is 0.978. The van der Waals surface area contributed by atoms with E-state index in [1.54, 1.807) is 0 Å². The maximum atomic E-state index is 12.9. The van der Waals surface area contributed by atoms with Crippen molar-refractivity contribution < 1.29 is 4.79 Å². The molecule has 4 aromatic rings. The second kappa shape index (κ2) is 10.6. The monoisotopic (exact) mass is 467 g/mol. The number of thioether (sulfide) groups is 1. The molecule has 0 atom stereocenters. The smallest absolute Gasteiger partial charge is 0.251 e. The number of carbonyl (C=O) groups excluding carboxylic acids is 1. The van der Waals surface area contributed by atoms with Gasteiger partial charge < -0.3 is 9.88 Å². The van der Waals surface area contributed by atoms with Crippen molar-refractivity contribution in [3.05, 3.63) is 101 Å². The Bertz CT molecular complexity index is 1330. The van der Waals surface area contributed by atoms with Crippen LogP contribution in [0.25, 0.3) is 10.9 Å². The van der Waals surface area contributed by atoms with Gasteiger partial charge in [-0.15, -0.1) is 11.8 Å². The lowest BCUT2D eigenvalue weighted by Crippen LogP contribution is -2.22. The number of hydrogen-bond acceptors (Lipinski definition) is 3. The molecule has 0 fully saturated rings. The van der Waals surface area contributed by atoms with Crippen molar-refractivity contribution in [2.24, 2.45) is 0 Å². The summed E-state index contributed by atoms with van der Waals surface area (Å²) >= 11 is 1.81. The molecule has 34 heavy (non-hydrogen) atoms. The van der Waals surface area contributed by atoms with E-state index in [4.69, 9.17) is 5.26 Å². The summed E-state index contributed by atoms with van der Waals surface area (Å²) in [6.45, 7) is 6.99. The van der Waals surface area contributed by atoms with Gasteiger partial charge in [-0.05, 0) is 79.3 Å². The van der Waals surface area contributed by atoms with Crippen LogP contribution in [0, 0.1) is 11.3 Å². The van der Waals surface area contributed by atoms with E-state index < -0.39 is 0 Å². The summed E-state index contributed by atoms with van der Waals surface area (Å²) < 4.78 is 2.32. The van der Waals surface area contributed by atoms with Gasteiger partial charge in [0.2, 0.25) is 0 Å². The molecule has 0 aliphatic carbocycles. The highest BCUT2D eigenvalue weighted by Crippen LogP contribution is 2.27. The maximum Gasteiger partial charge on any atom is 0.251 e. The Balaban J connectivity index is 1.53. The highest BCUT2D eigenvalue weighted by molar-refractivity contribution is 7.99. The Morgan fingerprint density at radius 1 is 1.00 bits per heavy atom. The van der Waals surface area contributed by atoms with Crippen molar-refractivity contribution in [2.75, 3.05) is 5.75 Å². The second-order valence-electron chi connectivity index (χ2n) is 8.62. The fourth-order valence-corrected chi connectivity index (χ4v) is 4.90. The van der Waals surface area contributed by atoms with E-state index >= 15 is 0 Å². The van der Waals surface area contributed by atoms with E-state index in [1.807, 2.05) is 54.2 Å². The number of nitrogens with one attached hydrogen (secondary N) is 1. The Kier molecular flexibility index (Phi) is 7.40. The predicted octanol–water partition coefficient (Wildman–Crippen LogP) is 6.73. The molecule has 4 rings (SSSR count). The normalized spacial score (nSPS) is 11.0. The Morgan fingerprint density at radius 3 is 2.35 bits per heavy atom. The minimum absolute atomic E-state index is 0.0696. The van der Waals surface area contributed by atoms with Crippen LogP contribution in [0.15, 0.2) is 77.7 Å². The maximum absolute atomic E-state index is 12.9. The van der Waals surface area contributed by atoms with E-state index in [9.17, 15) is 4.79 Å². The van der Waals surface area contributed by atoms with Crippen molar-refractivity contribution in [3.63, 3.8) is 0 Å². The second-order valence-corrected chi connectivity index (χ2v) is 9.96. The van der Waals surface area contributed by atoms with Gasteiger partial charge in [-0.1, -0.05) is 31.2 Å². The Hall–Kier alpha value is -3.49. The largest absolute Gasteiger partial charge is 0.348 e. The average molecular weight is 468 g/mol. The van der Waals surface area contributed by atoms with Crippen LogP contribution in [0.3, 0.4) is 0 Å². The van der Waals surface area contributed by atoms with Crippen LogP contribution in [0.4, 0.5) is 0 Å². The number of hydrogen-bond donors (Lipinski definition) is 1. The van der Waals surface area contributed by atoms with E-state index in [1.165, 1.54) is 10.6 Å². The molecule has 0 unspecified atom stereocenters. The molecule has 0 bridgehead atoms. The van der Waals surface area contributed by atoms with Gasteiger partial charge in [0.15, 0.2) is 0 Å². The van der Waals surface area contributed by atoms with E-state index in [2.05, 4.69) is 67.1 Å². The minimum atomic E-state index is -0.0696. The third kappa shape index (κ3) is 5.35. The van der Waals surface area contributed by atoms with Gasteiger partial charge in [-0.25, -0.2) is 0 Å². The fraction of sp³-hybridized carbons (Fsp3) is 0.241. The number of fused-ring (bicyclic) bond motifs is 1. The topological polar surface area (TPSA) is 57.8 Å². The molecule has 5 heteroatoms. The lowest BCUT2D eigenvalue weighted by atomic mass is 10.1. The fourth-order valence-electron chi connectivity index (χ4n) is 4.24. The van der Waals surface area contributed by atoms with Gasteiger partial charge >= 0.3 is 0 Å². The molecule has 172 valence electrons. The summed E-state index contributed by atoms with van der Waals surface area (Å²) in [5, 5.41) is 13.2. The first-order chi connectivity index (χ1) is 16.5. The van der Waals surface area contributed by atoms with Crippen LogP contribution in [0.1, 0.15) is 59.6 Å². The molecule has 1 amide bonds. The van der Waals surface area contributed by atoms with Crippen molar-refractivity contribution in [1.82, 2.24) is 9.88 Å². The van der Waals surface area contributed by atoms with Crippen LogP contribution in [0.2, 0.25) is 0 Å². The third-order valence-corrected chi connectivity index (χ3v) is 6.75. The van der Waals surface area contributed by atoms with Gasteiger partial charge in [0.05, 0.1) is 11.6 Å². The summed E-state index contributed by atoms with van der Waals surface area (Å²) in [5.41, 5.74) is 5.89. The number of aromatic nitrogens is 1. The van der Waals surface area contributed by atoms with Crippen molar-refractivity contribution >= 4 is 28.6 Å². The van der Waals surface area contributed by atoms with E-state index in [0.29, 0.717) is 23.7 Å². The standard InChI is InChI=1S/C29H29N3OS/c1-4-34-27-12-9-23(10-13-27)19-31-29(33)24-11-14-28-25(16-24)17-26(32(28)20(2)3)15-21-5-7-22(18-30)8-6-21/h5-14,16-17,20H,4,15,19H2,1-3H3,(H,31,33). The molecule has 0 saturated heterocycles. The summed E-state index contributed by atoms with van der Waals surface area (Å²) in [4.78, 5) is 14.1. The first kappa shape index (κ1) is 23.7. The van der Waals surface area contributed by atoms with Crippen LogP contribution in [-0.2, 0) is 13.0 Å². The summed E-state index contributed by atoms with van der Waals surface area (Å²) in [6.07, 6.45) is 0.770. The molecule has 0 saturated carbocycles. The molecule has 1 aromatic heterocycles. The zero-order valence-electron chi connectivity index (χ0n) is 19.8. The van der Waals surface area contributed by atoms with Crippen LogP contribution in [-0.4, -0.2) is 16.2 Å². The van der Waals surface area contributed by atoms with Gasteiger partial charge in [0.1, 0.15) is 0 Å². The highest BCUT2D eigenvalue weighted by atomic mass is 32.2. The molecular formula is C29H29N3OS. The molecule has 3 aromatic carbocycles. The summed E-state index contributed by atoms with van der Waals surface area (Å²) in [7, 11) is 0. The minimum Gasteiger partial charge on any atom is -0.348 e. The SMILES string of the molecule is CCSc1ccc(CNC(=O)c2ccc3c(c2)cc(Cc2ccc(C#N)cc2)n3C(C)C)cc1. The van der Waals surface area contributed by atoms with E-state index in [-0.39, 0.29) is 5.91 Å². The van der Waals surface area contributed by atoms with Crippen LogP contribution >= 0.6 is 11.8 Å². The number of nitriles is 1. The first-order valence-electron chi connectivity index (χ1n) is 11.6. The Labute approximate surface area is 205 Å². The molecule has 4 nitrogen and oxygen atoms in total. The average Bonchev–Trinajstić information content (AvgIpc) is 3.21. The number of nitrogens with zero attached hydrogens (tertiary/aromatic N) is 2. The molecular weight excluding hydrogens is 438 g/mol. The van der Waals surface area contributed by atoms with Gasteiger partial charge in [-0.3, -0.25) is 4.79 Å². The van der Waals surface area contributed by atoms with Crippen LogP contribution < -0.4 is 5.32 Å². The predicted molar refractivity (Wildman–Crippen MR) is 140 cm³/mol. The van der Waals surface area contributed by atoms with Crippen molar-refractivity contribution in [2.45, 2.75) is 44.7 Å². The van der Waals surface area contributed by atoms with Gasteiger partial charge in [0.25, 0.3) is 5.91 Å². The molecule has 1 N–H and O–H groups in total. The van der Waals surface area contributed by atoms with Crippen LogP contribution in [0.5, 0.6) is 0 Å². The third-order valence-electron chi connectivity index (χ3n) is 5.85. The summed E-state index contributed by atoms with van der Waals surface area (Å²) in [6, 6.07) is 26.6. The zero-order chi connectivity index (χ0) is 24.1. The quantitative estimate of drug-likeness (QED) is 0.292. The number of rotatable bonds is 8. The van der Waals surface area contributed by atoms with Gasteiger partial charge in [0, 0.05) is 46.1 Å². The highest BCUT2D eigenvalue weighted by Gasteiger charge is 2.14. The zero-order valence-corrected chi connectivity index (χ0v) is 20.7. The van der Waals surface area contributed by atoms with Gasteiger partial charge in [-0.2, -0.15) is 5.26 Å². The molecule has 0 aliphatic heterocycles. The lowest BCUT2D eigenvalue weighted by Gasteiger charge is -2.15. The molecule has 1 heterocycles. The molecule has 0 spiro atoms. The molecule has 0 aliphatic rings. The lowest BCUT2D eigenvalue weighted by molar-refractivity contribution is 0.0951. The van der Waals surface area contributed by atoms with E-state index in [0.717, 1.165) is 34.2 Å².